The van der Waals surface area contributed by atoms with Crippen LogP contribution in [0.3, 0.4) is 0 Å². The monoisotopic (exact) mass is 434 g/mol. The van der Waals surface area contributed by atoms with Gasteiger partial charge < -0.3 is 15.0 Å². The molecule has 2 aliphatic heterocycles. The van der Waals surface area contributed by atoms with Crippen LogP contribution in [0.15, 0.2) is 52.3 Å². The number of carbonyl (C=O) groups is 2. The molecule has 3 heterocycles. The Morgan fingerprint density at radius 1 is 1.19 bits per heavy atom. The fourth-order valence-corrected chi connectivity index (χ4v) is 4.80. The molecule has 0 aliphatic carbocycles. The predicted octanol–water partition coefficient (Wildman–Crippen LogP) is 1.33. The molecule has 0 spiro atoms. The summed E-state index contributed by atoms with van der Waals surface area (Å²) in [6.07, 6.45) is 0. The molecule has 0 bridgehead atoms. The topological polar surface area (TPSA) is 93.0 Å². The Hall–Kier alpha value is -3.72. The molecule has 156 valence electrons. The number of Topliss-reactive ketones (excluding diaryl/α,β-unsaturated/α-hetero) is 1. The lowest BCUT2D eigenvalue weighted by Crippen LogP contribution is -2.43. The van der Waals surface area contributed by atoms with Crippen LogP contribution < -0.4 is 29.8 Å². The molecule has 9 heteroatoms. The van der Waals surface area contributed by atoms with Gasteiger partial charge in [-0.25, -0.2) is 4.99 Å². The highest BCUT2D eigenvalue weighted by Gasteiger charge is 2.28. The van der Waals surface area contributed by atoms with E-state index in [0.717, 1.165) is 5.69 Å². The first-order chi connectivity index (χ1) is 15.0. The lowest BCUT2D eigenvalue weighted by atomic mass is 10.1. The second-order valence-electron chi connectivity index (χ2n) is 7.27. The smallest absolute Gasteiger partial charge is 0.272 e. The number of ketones is 1. The van der Waals surface area contributed by atoms with Crippen LogP contribution in [0, 0.1) is 0 Å². The molecule has 8 nitrogen and oxygen atoms in total. The largest absolute Gasteiger partial charge is 0.497 e. The third-order valence-corrected chi connectivity index (χ3v) is 6.48. The molecule has 5 rings (SSSR count). The van der Waals surface area contributed by atoms with E-state index < -0.39 is 0 Å². The quantitative estimate of drug-likeness (QED) is 0.628. The maximum atomic E-state index is 13.3. The molecule has 31 heavy (non-hydrogen) atoms. The van der Waals surface area contributed by atoms with E-state index in [9.17, 15) is 14.4 Å². The number of rotatable bonds is 3. The molecule has 1 amide bonds. The Balaban J connectivity index is 1.61. The summed E-state index contributed by atoms with van der Waals surface area (Å²) >= 11 is 1.21. The van der Waals surface area contributed by atoms with Gasteiger partial charge in [0.25, 0.3) is 11.5 Å². The first-order valence-electron chi connectivity index (χ1n) is 9.60. The number of anilines is 2. The molecule has 0 saturated carbocycles. The summed E-state index contributed by atoms with van der Waals surface area (Å²) in [5, 5.41) is 2.81. The minimum absolute atomic E-state index is 0.0239. The fraction of sp³-hybridized carbons (Fsp3) is 0.182. The lowest BCUT2D eigenvalue weighted by molar-refractivity contribution is -0.110. The van der Waals surface area contributed by atoms with Crippen molar-refractivity contribution in [3.05, 3.63) is 73.3 Å². The standard InChI is InChI=1S/C22H18N4O4S/c1-12(27)13-4-3-5-14(8-13)25-10-23-22-26(11-25)21(29)19(31-22)18-16-9-15(30-2)6-7-17(16)24-20(18)28/h3-9H,10-11H2,1-2H3,(H,24,28)/b19-18-. The summed E-state index contributed by atoms with van der Waals surface area (Å²) in [6.45, 7) is 2.16. The molecule has 2 aromatic carbocycles. The Labute approximate surface area is 180 Å². The molecule has 2 aliphatic rings. The molecule has 0 saturated heterocycles. The number of fused-ring (bicyclic) bond motifs is 2. The molecule has 0 radical (unpaired) electrons. The number of hydrogen-bond acceptors (Lipinski definition) is 7. The highest BCUT2D eigenvalue weighted by Crippen LogP contribution is 2.33. The zero-order valence-electron chi connectivity index (χ0n) is 16.8. The average molecular weight is 434 g/mol. The molecule has 0 atom stereocenters. The number of carbonyl (C=O) groups excluding carboxylic acids is 2. The van der Waals surface area contributed by atoms with Crippen molar-refractivity contribution in [3.63, 3.8) is 0 Å². The molecule has 0 fully saturated rings. The summed E-state index contributed by atoms with van der Waals surface area (Å²) in [5.41, 5.74) is 2.78. The molecular weight excluding hydrogens is 416 g/mol. The zero-order chi connectivity index (χ0) is 21.7. The summed E-state index contributed by atoms with van der Waals surface area (Å²) in [7, 11) is 1.55. The molecule has 0 unspecified atom stereocenters. The number of aromatic nitrogens is 1. The zero-order valence-corrected chi connectivity index (χ0v) is 17.7. The highest BCUT2D eigenvalue weighted by molar-refractivity contribution is 7.07. The normalized spacial score (nSPS) is 16.3. The van der Waals surface area contributed by atoms with Gasteiger partial charge in [0.1, 0.15) is 23.6 Å². The van der Waals surface area contributed by atoms with Gasteiger partial charge in [-0.05, 0) is 37.3 Å². The van der Waals surface area contributed by atoms with Crippen molar-refractivity contribution in [1.82, 2.24) is 4.57 Å². The minimum Gasteiger partial charge on any atom is -0.497 e. The van der Waals surface area contributed by atoms with Crippen LogP contribution in [0.1, 0.15) is 22.8 Å². The predicted molar refractivity (Wildman–Crippen MR) is 117 cm³/mol. The van der Waals surface area contributed by atoms with Crippen LogP contribution >= 0.6 is 11.3 Å². The third kappa shape index (κ3) is 3.14. The van der Waals surface area contributed by atoms with Crippen LogP contribution in [0.5, 0.6) is 5.75 Å². The van der Waals surface area contributed by atoms with Crippen molar-refractivity contribution in [2.75, 3.05) is 24.0 Å². The minimum atomic E-state index is -0.314. The van der Waals surface area contributed by atoms with E-state index in [4.69, 9.17) is 4.74 Å². The van der Waals surface area contributed by atoms with Gasteiger partial charge in [-0.1, -0.05) is 23.5 Å². The fourth-order valence-electron chi connectivity index (χ4n) is 3.74. The molecule has 3 aromatic rings. The summed E-state index contributed by atoms with van der Waals surface area (Å²) < 4.78 is 7.19. The van der Waals surface area contributed by atoms with Crippen molar-refractivity contribution >= 4 is 40.0 Å². The van der Waals surface area contributed by atoms with Gasteiger partial charge in [0, 0.05) is 22.5 Å². The Bertz CT molecular complexity index is 1440. The number of amides is 1. The van der Waals surface area contributed by atoms with E-state index >= 15 is 0 Å². The highest BCUT2D eigenvalue weighted by atomic mass is 32.1. The number of benzene rings is 2. The van der Waals surface area contributed by atoms with Crippen LogP contribution in [0.4, 0.5) is 11.4 Å². The first-order valence-corrected chi connectivity index (χ1v) is 10.4. The van der Waals surface area contributed by atoms with Gasteiger partial charge in [0.15, 0.2) is 10.6 Å². The number of nitrogens with one attached hydrogen (secondary N) is 1. The van der Waals surface area contributed by atoms with Gasteiger partial charge in [0.2, 0.25) is 0 Å². The van der Waals surface area contributed by atoms with Gasteiger partial charge in [-0.3, -0.25) is 19.0 Å². The van der Waals surface area contributed by atoms with E-state index in [1.807, 2.05) is 17.0 Å². The van der Waals surface area contributed by atoms with E-state index in [0.29, 0.717) is 44.1 Å². The summed E-state index contributed by atoms with van der Waals surface area (Å²) in [4.78, 5) is 44.7. The lowest BCUT2D eigenvalue weighted by Gasteiger charge is -2.25. The Morgan fingerprint density at radius 3 is 2.81 bits per heavy atom. The molecular formula is C22H18N4O4S. The van der Waals surface area contributed by atoms with Gasteiger partial charge >= 0.3 is 0 Å². The van der Waals surface area contributed by atoms with E-state index in [1.165, 1.54) is 18.3 Å². The summed E-state index contributed by atoms with van der Waals surface area (Å²) in [5.74, 6) is 0.269. The van der Waals surface area contributed by atoms with E-state index in [-0.39, 0.29) is 23.9 Å². The SMILES string of the molecule is COc1ccc2c(c1)/C(=c1/sc3n(c1=O)CN(c1cccc(C(C)=O)c1)CN=3)C(=O)N2. The van der Waals surface area contributed by atoms with Crippen LogP contribution in [-0.4, -0.2) is 30.0 Å². The summed E-state index contributed by atoms with van der Waals surface area (Å²) in [6, 6.07) is 12.5. The number of hydrogen-bond donors (Lipinski definition) is 1. The van der Waals surface area contributed by atoms with E-state index in [1.54, 1.807) is 42.0 Å². The molecule has 1 N–H and O–H groups in total. The van der Waals surface area contributed by atoms with Crippen molar-refractivity contribution in [1.29, 1.82) is 0 Å². The van der Waals surface area contributed by atoms with Crippen LogP contribution in [0.2, 0.25) is 0 Å². The number of nitrogens with zero attached hydrogens (tertiary/aromatic N) is 3. The van der Waals surface area contributed by atoms with E-state index in [2.05, 4.69) is 10.3 Å². The van der Waals surface area contributed by atoms with Crippen molar-refractivity contribution in [3.8, 4) is 5.75 Å². The van der Waals surface area contributed by atoms with Gasteiger partial charge in [-0.2, -0.15) is 0 Å². The number of methoxy groups -OCH3 is 1. The van der Waals surface area contributed by atoms with Crippen LogP contribution in [0.25, 0.3) is 5.57 Å². The Morgan fingerprint density at radius 2 is 2.03 bits per heavy atom. The number of ether oxygens (including phenoxy) is 1. The average Bonchev–Trinajstić information content (AvgIpc) is 3.28. The van der Waals surface area contributed by atoms with Crippen molar-refractivity contribution < 1.29 is 14.3 Å². The maximum absolute atomic E-state index is 13.3. The van der Waals surface area contributed by atoms with Gasteiger partial charge in [0.05, 0.1) is 12.7 Å². The Kier molecular flexibility index (Phi) is 4.48. The first kappa shape index (κ1) is 19.3. The van der Waals surface area contributed by atoms with Crippen molar-refractivity contribution in [2.24, 2.45) is 4.99 Å². The van der Waals surface area contributed by atoms with Crippen LogP contribution in [-0.2, 0) is 11.5 Å². The number of thiazole rings is 1. The second-order valence-corrected chi connectivity index (χ2v) is 8.25. The third-order valence-electron chi connectivity index (χ3n) is 5.37. The second kappa shape index (κ2) is 7.21. The maximum Gasteiger partial charge on any atom is 0.272 e. The van der Waals surface area contributed by atoms with Gasteiger partial charge in [-0.15, -0.1) is 0 Å². The molecule has 1 aromatic heterocycles. The van der Waals surface area contributed by atoms with Crippen molar-refractivity contribution in [2.45, 2.75) is 13.6 Å².